The number of fused-ring (bicyclic) bond motifs is 1. The number of aromatic nitrogens is 2. The average Bonchev–Trinajstić information content (AvgIpc) is 3.35. The van der Waals surface area contributed by atoms with Crippen LogP contribution in [0.4, 0.5) is 0 Å². The predicted octanol–water partition coefficient (Wildman–Crippen LogP) is 3.46. The summed E-state index contributed by atoms with van der Waals surface area (Å²) >= 11 is 0. The molecule has 3 aromatic rings. The van der Waals surface area contributed by atoms with E-state index >= 15 is 0 Å². The number of nitrogens with zero attached hydrogens (tertiary/aromatic N) is 2. The van der Waals surface area contributed by atoms with E-state index in [2.05, 4.69) is 10.4 Å². The second kappa shape index (κ2) is 8.67. The summed E-state index contributed by atoms with van der Waals surface area (Å²) in [7, 11) is -3.49. The predicted molar refractivity (Wildman–Crippen MR) is 120 cm³/mol. The molecule has 1 N–H and O–H groups in total. The van der Waals surface area contributed by atoms with Gasteiger partial charge < -0.3 is 5.32 Å². The van der Waals surface area contributed by atoms with Crippen LogP contribution in [0.15, 0.2) is 53.4 Å². The molecule has 0 fully saturated rings. The zero-order valence-electron chi connectivity index (χ0n) is 17.9. The van der Waals surface area contributed by atoms with Crippen LogP contribution in [-0.4, -0.2) is 29.9 Å². The van der Waals surface area contributed by atoms with Crippen molar-refractivity contribution in [2.24, 2.45) is 0 Å². The first-order chi connectivity index (χ1) is 14.8. The highest BCUT2D eigenvalue weighted by atomic mass is 32.2. The number of carbonyl (C=O) groups is 1. The normalized spacial score (nSPS) is 13.2. The molecule has 1 aliphatic rings. The van der Waals surface area contributed by atoms with Gasteiger partial charge in [-0.3, -0.25) is 4.79 Å². The summed E-state index contributed by atoms with van der Waals surface area (Å²) in [6, 6.07) is 15.2. The molecule has 0 unspecified atom stereocenters. The molecule has 162 valence electrons. The van der Waals surface area contributed by atoms with E-state index in [-0.39, 0.29) is 18.1 Å². The number of aryl methyl sites for hydroxylation is 3. The maximum atomic E-state index is 12.7. The van der Waals surface area contributed by atoms with Crippen LogP contribution in [0.25, 0.3) is 5.69 Å². The number of rotatable bonds is 7. The molecule has 1 aromatic heterocycles. The second-order valence-electron chi connectivity index (χ2n) is 8.03. The Morgan fingerprint density at radius 2 is 1.81 bits per heavy atom. The molecule has 0 saturated heterocycles. The van der Waals surface area contributed by atoms with Crippen LogP contribution in [0.5, 0.6) is 0 Å². The van der Waals surface area contributed by atoms with Crippen LogP contribution in [0.1, 0.15) is 40.9 Å². The number of para-hydroxylation sites is 1. The Bertz CT molecular complexity index is 1210. The Morgan fingerprint density at radius 3 is 2.58 bits per heavy atom. The van der Waals surface area contributed by atoms with Crippen LogP contribution in [0.2, 0.25) is 0 Å². The fraction of sp³-hybridized carbons (Fsp3) is 0.333. The first kappa shape index (κ1) is 21.3. The van der Waals surface area contributed by atoms with E-state index in [9.17, 15) is 13.2 Å². The van der Waals surface area contributed by atoms with Crippen LogP contribution in [0.3, 0.4) is 0 Å². The zero-order valence-corrected chi connectivity index (χ0v) is 18.7. The van der Waals surface area contributed by atoms with Crippen molar-refractivity contribution in [1.82, 2.24) is 15.1 Å². The van der Waals surface area contributed by atoms with Crippen LogP contribution in [0, 0.1) is 13.8 Å². The fourth-order valence-electron chi connectivity index (χ4n) is 4.11. The maximum Gasteiger partial charge on any atom is 0.221 e. The van der Waals surface area contributed by atoms with Crippen molar-refractivity contribution < 1.29 is 13.2 Å². The summed E-state index contributed by atoms with van der Waals surface area (Å²) in [6.07, 6.45) is 2.94. The lowest BCUT2D eigenvalue weighted by Gasteiger charge is -2.09. The highest BCUT2D eigenvalue weighted by Crippen LogP contribution is 2.25. The smallest absolute Gasteiger partial charge is 0.221 e. The number of sulfone groups is 1. The molecule has 0 atom stereocenters. The lowest BCUT2D eigenvalue weighted by atomic mass is 10.1. The SMILES string of the molecule is Cc1nn(-c2ccccc2)c(C)c1CNC(=O)CCS(=O)(=O)c1ccc2c(c1)CCC2. The molecule has 6 nitrogen and oxygen atoms in total. The van der Waals surface area contributed by atoms with Gasteiger partial charge in [-0.15, -0.1) is 0 Å². The Kier molecular flexibility index (Phi) is 5.96. The molecule has 0 aliphatic heterocycles. The van der Waals surface area contributed by atoms with E-state index < -0.39 is 9.84 Å². The third kappa shape index (κ3) is 4.56. The molecular formula is C24H27N3O3S. The minimum absolute atomic E-state index is 0.0651. The van der Waals surface area contributed by atoms with Gasteiger partial charge in [0.1, 0.15) is 0 Å². The molecule has 0 saturated carbocycles. The quantitative estimate of drug-likeness (QED) is 0.614. The van der Waals surface area contributed by atoms with E-state index in [1.807, 2.05) is 54.9 Å². The van der Waals surface area contributed by atoms with Crippen molar-refractivity contribution >= 4 is 15.7 Å². The lowest BCUT2D eigenvalue weighted by molar-refractivity contribution is -0.120. The number of benzene rings is 2. The Hall–Kier alpha value is -2.93. The van der Waals surface area contributed by atoms with Gasteiger partial charge in [0.05, 0.1) is 22.0 Å². The summed E-state index contributed by atoms with van der Waals surface area (Å²) in [5, 5.41) is 7.44. The van der Waals surface area contributed by atoms with Crippen molar-refractivity contribution in [2.45, 2.75) is 51.0 Å². The van der Waals surface area contributed by atoms with Gasteiger partial charge in [-0.1, -0.05) is 24.3 Å². The number of hydrogen-bond donors (Lipinski definition) is 1. The molecule has 1 aliphatic carbocycles. The molecule has 31 heavy (non-hydrogen) atoms. The van der Waals surface area contributed by atoms with Crippen molar-refractivity contribution in [2.75, 3.05) is 5.75 Å². The Balaban J connectivity index is 1.37. The van der Waals surface area contributed by atoms with Crippen molar-refractivity contribution in [3.63, 3.8) is 0 Å². The topological polar surface area (TPSA) is 81.1 Å². The largest absolute Gasteiger partial charge is 0.352 e. The fourth-order valence-corrected chi connectivity index (χ4v) is 5.40. The third-order valence-electron chi connectivity index (χ3n) is 5.93. The van der Waals surface area contributed by atoms with Crippen molar-refractivity contribution in [1.29, 1.82) is 0 Å². The molecule has 2 aromatic carbocycles. The number of hydrogen-bond acceptors (Lipinski definition) is 4. The van der Waals surface area contributed by atoms with Crippen LogP contribution >= 0.6 is 0 Å². The van der Waals surface area contributed by atoms with Crippen LogP contribution < -0.4 is 5.32 Å². The van der Waals surface area contributed by atoms with Gasteiger partial charge in [-0.25, -0.2) is 13.1 Å². The first-order valence-corrected chi connectivity index (χ1v) is 12.2. The van der Waals surface area contributed by atoms with Crippen molar-refractivity contribution in [3.8, 4) is 5.69 Å². The first-order valence-electron chi connectivity index (χ1n) is 10.6. The Morgan fingerprint density at radius 1 is 1.06 bits per heavy atom. The standard InChI is InChI=1S/C24H27N3O3S/c1-17-23(18(2)27(26-17)21-9-4-3-5-10-21)16-25-24(28)13-14-31(29,30)22-12-11-19-7-6-8-20(19)15-22/h3-5,9-12,15H,6-8,13-14,16H2,1-2H3,(H,25,28). The van der Waals surface area contributed by atoms with Gasteiger partial charge >= 0.3 is 0 Å². The monoisotopic (exact) mass is 437 g/mol. The average molecular weight is 438 g/mol. The summed E-state index contributed by atoms with van der Waals surface area (Å²) in [5.41, 5.74) is 6.05. The van der Waals surface area contributed by atoms with E-state index in [1.165, 1.54) is 5.56 Å². The highest BCUT2D eigenvalue weighted by Gasteiger charge is 2.20. The van der Waals surface area contributed by atoms with E-state index in [0.717, 1.165) is 47.5 Å². The van der Waals surface area contributed by atoms with Gasteiger partial charge in [0.15, 0.2) is 9.84 Å². The van der Waals surface area contributed by atoms with E-state index in [1.54, 1.807) is 12.1 Å². The lowest BCUT2D eigenvalue weighted by Crippen LogP contribution is -2.25. The summed E-state index contributed by atoms with van der Waals surface area (Å²) in [4.78, 5) is 12.7. The molecule has 0 spiro atoms. The Labute approximate surface area is 183 Å². The van der Waals surface area contributed by atoms with Crippen molar-refractivity contribution in [3.05, 3.63) is 76.6 Å². The van der Waals surface area contributed by atoms with Gasteiger partial charge in [-0.2, -0.15) is 5.10 Å². The molecule has 4 rings (SSSR count). The molecule has 7 heteroatoms. The van der Waals surface area contributed by atoms with Gasteiger partial charge in [0.2, 0.25) is 5.91 Å². The van der Waals surface area contributed by atoms with E-state index in [0.29, 0.717) is 11.4 Å². The second-order valence-corrected chi connectivity index (χ2v) is 10.1. The molecule has 0 bridgehead atoms. The number of amides is 1. The minimum atomic E-state index is -3.49. The number of carbonyl (C=O) groups excluding carboxylic acids is 1. The highest BCUT2D eigenvalue weighted by molar-refractivity contribution is 7.91. The molecule has 0 radical (unpaired) electrons. The molecule has 1 amide bonds. The summed E-state index contributed by atoms with van der Waals surface area (Å²) in [5.74, 6) is -0.477. The van der Waals surface area contributed by atoms with E-state index in [4.69, 9.17) is 0 Å². The maximum absolute atomic E-state index is 12.7. The zero-order chi connectivity index (χ0) is 22.0. The van der Waals surface area contributed by atoms with Crippen LogP contribution in [-0.2, 0) is 34.0 Å². The molecular weight excluding hydrogens is 410 g/mol. The number of nitrogens with one attached hydrogen (secondary N) is 1. The van der Waals surface area contributed by atoms with Gasteiger partial charge in [0, 0.05) is 24.2 Å². The molecule has 1 heterocycles. The summed E-state index contributed by atoms with van der Waals surface area (Å²) < 4.78 is 27.2. The third-order valence-corrected chi connectivity index (χ3v) is 7.64. The summed E-state index contributed by atoms with van der Waals surface area (Å²) in [6.45, 7) is 4.20. The minimum Gasteiger partial charge on any atom is -0.352 e. The van der Waals surface area contributed by atoms with Gasteiger partial charge in [-0.05, 0) is 68.5 Å². The van der Waals surface area contributed by atoms with Gasteiger partial charge in [0.25, 0.3) is 0 Å².